The SMILES string of the molecule is COC(=O)C(Cc1cn(-c2ccccc2)nn1)(NC(=O)OCc1ccccc1)C(F)(F)F. The smallest absolute Gasteiger partial charge is 0.422 e. The van der Waals surface area contributed by atoms with E-state index in [9.17, 15) is 22.8 Å². The van der Waals surface area contributed by atoms with Crippen LogP contribution >= 0.6 is 0 Å². The molecule has 1 aromatic heterocycles. The van der Waals surface area contributed by atoms with E-state index in [1.807, 2.05) is 0 Å². The Bertz CT molecular complexity index is 1060. The Morgan fingerprint density at radius 2 is 1.66 bits per heavy atom. The summed E-state index contributed by atoms with van der Waals surface area (Å²) in [5.41, 5.74) is -2.51. The first kappa shape index (κ1) is 22.8. The summed E-state index contributed by atoms with van der Waals surface area (Å²) < 4.78 is 52.9. The predicted molar refractivity (Wildman–Crippen MR) is 106 cm³/mol. The number of amides is 1. The first-order valence-electron chi connectivity index (χ1n) is 9.36. The number of hydrogen-bond donors (Lipinski definition) is 1. The molecule has 1 amide bonds. The Labute approximate surface area is 180 Å². The molecule has 0 radical (unpaired) electrons. The lowest BCUT2D eigenvalue weighted by Gasteiger charge is -2.32. The molecule has 0 aliphatic rings. The van der Waals surface area contributed by atoms with Crippen molar-refractivity contribution in [1.29, 1.82) is 0 Å². The summed E-state index contributed by atoms with van der Waals surface area (Å²) in [5.74, 6) is -1.71. The van der Waals surface area contributed by atoms with Crippen LogP contribution in [0.1, 0.15) is 11.3 Å². The Kier molecular flexibility index (Phi) is 6.76. The highest BCUT2D eigenvalue weighted by atomic mass is 19.4. The highest BCUT2D eigenvalue weighted by Gasteiger charge is 2.63. The molecule has 0 aliphatic heterocycles. The van der Waals surface area contributed by atoms with Crippen LogP contribution in [0, 0.1) is 0 Å². The molecule has 11 heteroatoms. The van der Waals surface area contributed by atoms with Gasteiger partial charge in [-0.3, -0.25) is 5.32 Å². The van der Waals surface area contributed by atoms with Gasteiger partial charge in [-0.2, -0.15) is 13.2 Å². The highest BCUT2D eigenvalue weighted by molar-refractivity contribution is 5.87. The topological polar surface area (TPSA) is 95.3 Å². The van der Waals surface area contributed by atoms with Gasteiger partial charge in [-0.1, -0.05) is 53.7 Å². The van der Waals surface area contributed by atoms with Gasteiger partial charge in [-0.25, -0.2) is 14.3 Å². The average Bonchev–Trinajstić information content (AvgIpc) is 3.25. The van der Waals surface area contributed by atoms with Crippen molar-refractivity contribution in [3.63, 3.8) is 0 Å². The third kappa shape index (κ3) is 5.05. The van der Waals surface area contributed by atoms with E-state index in [2.05, 4.69) is 15.0 Å². The van der Waals surface area contributed by atoms with Crippen molar-refractivity contribution in [3.8, 4) is 5.69 Å². The van der Waals surface area contributed by atoms with Crippen LogP contribution in [0.4, 0.5) is 18.0 Å². The van der Waals surface area contributed by atoms with Gasteiger partial charge in [0, 0.05) is 6.42 Å². The van der Waals surface area contributed by atoms with Crippen LogP contribution in [0.5, 0.6) is 0 Å². The van der Waals surface area contributed by atoms with E-state index in [0.717, 1.165) is 7.11 Å². The molecule has 1 unspecified atom stereocenters. The molecule has 0 aliphatic carbocycles. The van der Waals surface area contributed by atoms with Crippen LogP contribution in [-0.2, 0) is 27.3 Å². The average molecular weight is 448 g/mol. The minimum absolute atomic E-state index is 0.195. The largest absolute Gasteiger partial charge is 0.467 e. The van der Waals surface area contributed by atoms with Crippen LogP contribution in [0.2, 0.25) is 0 Å². The molecule has 1 N–H and O–H groups in total. The number of esters is 1. The van der Waals surface area contributed by atoms with Gasteiger partial charge in [0.2, 0.25) is 5.54 Å². The lowest BCUT2D eigenvalue weighted by Crippen LogP contribution is -2.65. The third-order valence-corrected chi connectivity index (χ3v) is 4.55. The van der Waals surface area contributed by atoms with Gasteiger partial charge in [-0.15, -0.1) is 5.10 Å². The zero-order valence-corrected chi connectivity index (χ0v) is 16.9. The lowest BCUT2D eigenvalue weighted by atomic mass is 9.92. The molecule has 32 heavy (non-hydrogen) atoms. The number of rotatable bonds is 7. The monoisotopic (exact) mass is 448 g/mol. The highest BCUT2D eigenvalue weighted by Crippen LogP contribution is 2.34. The zero-order chi connectivity index (χ0) is 23.2. The van der Waals surface area contributed by atoms with Crippen molar-refractivity contribution in [2.45, 2.75) is 24.7 Å². The fourth-order valence-electron chi connectivity index (χ4n) is 2.92. The van der Waals surface area contributed by atoms with Crippen LogP contribution in [0.3, 0.4) is 0 Å². The Balaban J connectivity index is 1.85. The number of carbonyl (C=O) groups is 2. The van der Waals surface area contributed by atoms with Gasteiger partial charge in [0.05, 0.1) is 24.7 Å². The number of nitrogens with zero attached hydrogens (tertiary/aromatic N) is 3. The normalized spacial score (nSPS) is 13.1. The molecule has 3 rings (SSSR count). The summed E-state index contributed by atoms with van der Waals surface area (Å²) in [6, 6.07) is 16.9. The minimum Gasteiger partial charge on any atom is -0.467 e. The molecule has 0 fully saturated rings. The lowest BCUT2D eigenvalue weighted by molar-refractivity contribution is -0.210. The number of carbonyl (C=O) groups excluding carboxylic acids is 2. The zero-order valence-electron chi connectivity index (χ0n) is 16.9. The number of alkyl halides is 3. The molecule has 168 valence electrons. The van der Waals surface area contributed by atoms with Gasteiger partial charge >= 0.3 is 18.2 Å². The maximum atomic E-state index is 14.1. The second kappa shape index (κ2) is 9.50. The van der Waals surface area contributed by atoms with E-state index in [-0.39, 0.29) is 12.3 Å². The summed E-state index contributed by atoms with van der Waals surface area (Å²) in [6.45, 7) is -0.286. The number of methoxy groups -OCH3 is 1. The number of benzene rings is 2. The van der Waals surface area contributed by atoms with E-state index >= 15 is 0 Å². The number of hydrogen-bond acceptors (Lipinski definition) is 6. The number of alkyl carbamates (subject to hydrolysis) is 1. The van der Waals surface area contributed by atoms with Gasteiger partial charge in [0.1, 0.15) is 6.61 Å². The third-order valence-electron chi connectivity index (χ3n) is 4.55. The molecular formula is C21H19F3N4O4. The quantitative estimate of drug-likeness (QED) is 0.558. The fraction of sp³-hybridized carbons (Fsp3) is 0.238. The molecule has 0 spiro atoms. The number of para-hydroxylation sites is 1. The van der Waals surface area contributed by atoms with Crippen LogP contribution in [0.25, 0.3) is 5.69 Å². The van der Waals surface area contributed by atoms with Crippen molar-refractivity contribution >= 4 is 12.1 Å². The van der Waals surface area contributed by atoms with E-state index in [1.165, 1.54) is 10.9 Å². The summed E-state index contributed by atoms with van der Waals surface area (Å²) in [7, 11) is 0.792. The number of ether oxygens (including phenoxy) is 2. The maximum absolute atomic E-state index is 14.1. The van der Waals surface area contributed by atoms with Crippen LogP contribution in [-0.4, -0.2) is 45.9 Å². The summed E-state index contributed by atoms with van der Waals surface area (Å²) >= 11 is 0. The van der Waals surface area contributed by atoms with Crippen LogP contribution in [0.15, 0.2) is 66.9 Å². The van der Waals surface area contributed by atoms with Crippen molar-refractivity contribution in [2.24, 2.45) is 0 Å². The molecular weight excluding hydrogens is 429 g/mol. The second-order valence-corrected chi connectivity index (χ2v) is 6.75. The van der Waals surface area contributed by atoms with Gasteiger partial charge < -0.3 is 9.47 Å². The van der Waals surface area contributed by atoms with E-state index in [1.54, 1.807) is 66.0 Å². The fourth-order valence-corrected chi connectivity index (χ4v) is 2.92. The summed E-state index contributed by atoms with van der Waals surface area (Å²) in [4.78, 5) is 24.5. The van der Waals surface area contributed by atoms with Crippen molar-refractivity contribution in [3.05, 3.63) is 78.1 Å². The Morgan fingerprint density at radius 1 is 1.03 bits per heavy atom. The summed E-state index contributed by atoms with van der Waals surface area (Å²) in [6.07, 6.45) is -6.47. The maximum Gasteiger partial charge on any atom is 0.422 e. The van der Waals surface area contributed by atoms with E-state index in [4.69, 9.17) is 4.74 Å². The number of nitrogens with one attached hydrogen (secondary N) is 1. The molecule has 0 bridgehead atoms. The van der Waals surface area contributed by atoms with Crippen molar-refractivity contribution in [2.75, 3.05) is 7.11 Å². The number of halogens is 3. The molecule has 0 saturated heterocycles. The number of aromatic nitrogens is 3. The van der Waals surface area contributed by atoms with Gasteiger partial charge in [0.15, 0.2) is 0 Å². The molecule has 1 heterocycles. The molecule has 1 atom stereocenters. The van der Waals surface area contributed by atoms with Crippen molar-refractivity contribution < 1.29 is 32.2 Å². The van der Waals surface area contributed by atoms with Gasteiger partial charge in [-0.05, 0) is 17.7 Å². The van der Waals surface area contributed by atoms with E-state index in [0.29, 0.717) is 11.3 Å². The van der Waals surface area contributed by atoms with E-state index < -0.39 is 30.2 Å². The molecule has 2 aromatic carbocycles. The molecule has 0 saturated carbocycles. The standard InChI is InChI=1S/C21H19F3N4O4/c1-31-18(29)20(21(22,23)24,25-19(30)32-14-15-8-4-2-5-9-15)12-16-13-28(27-26-16)17-10-6-3-7-11-17/h2-11,13H,12,14H2,1H3,(H,25,30). The van der Waals surface area contributed by atoms with Crippen molar-refractivity contribution in [1.82, 2.24) is 20.3 Å². The van der Waals surface area contributed by atoms with Crippen LogP contribution < -0.4 is 5.32 Å². The summed E-state index contributed by atoms with van der Waals surface area (Å²) in [5, 5.41) is 9.17. The molecule has 3 aromatic rings. The Hall–Kier alpha value is -3.89. The minimum atomic E-state index is -5.22. The second-order valence-electron chi connectivity index (χ2n) is 6.75. The Morgan fingerprint density at radius 3 is 2.25 bits per heavy atom. The first-order chi connectivity index (χ1) is 15.2. The molecule has 8 nitrogen and oxygen atoms in total. The first-order valence-corrected chi connectivity index (χ1v) is 9.36. The predicted octanol–water partition coefficient (Wildman–Crippen LogP) is 3.21. The van der Waals surface area contributed by atoms with Gasteiger partial charge in [0.25, 0.3) is 0 Å².